The van der Waals surface area contributed by atoms with Crippen molar-refractivity contribution in [2.24, 2.45) is 17.6 Å². The average molecular weight is 188 g/mol. The maximum absolute atomic E-state index is 11.0. The van der Waals surface area contributed by atoms with Crippen LogP contribution in [0.1, 0.15) is 26.7 Å². The SMILES string of the molecule is CC(C)CC(CC(N)=O)C(=O)NO. The van der Waals surface area contributed by atoms with Gasteiger partial charge in [-0.15, -0.1) is 0 Å². The van der Waals surface area contributed by atoms with E-state index in [-0.39, 0.29) is 12.3 Å². The molecule has 4 N–H and O–H groups in total. The highest BCUT2D eigenvalue weighted by Gasteiger charge is 2.21. The molecular formula is C8H16N2O3. The molecule has 13 heavy (non-hydrogen) atoms. The van der Waals surface area contributed by atoms with Crippen LogP contribution in [0, 0.1) is 11.8 Å². The lowest BCUT2D eigenvalue weighted by molar-refractivity contribution is -0.136. The molecule has 0 radical (unpaired) electrons. The first-order valence-electron chi connectivity index (χ1n) is 4.19. The fourth-order valence-corrected chi connectivity index (χ4v) is 1.19. The van der Waals surface area contributed by atoms with E-state index in [4.69, 9.17) is 10.9 Å². The summed E-state index contributed by atoms with van der Waals surface area (Å²) in [6.45, 7) is 3.86. The number of primary amides is 1. The molecule has 0 fully saturated rings. The smallest absolute Gasteiger partial charge is 0.246 e. The van der Waals surface area contributed by atoms with E-state index < -0.39 is 17.7 Å². The van der Waals surface area contributed by atoms with Crippen molar-refractivity contribution in [3.8, 4) is 0 Å². The van der Waals surface area contributed by atoms with Gasteiger partial charge in [-0.25, -0.2) is 5.48 Å². The van der Waals surface area contributed by atoms with Gasteiger partial charge in [0.25, 0.3) is 0 Å². The standard InChI is InChI=1S/C8H16N2O3/c1-5(2)3-6(4-7(9)11)8(12)10-13/h5-6,13H,3-4H2,1-2H3,(H2,9,11)(H,10,12). The van der Waals surface area contributed by atoms with E-state index in [1.807, 2.05) is 13.8 Å². The van der Waals surface area contributed by atoms with Gasteiger partial charge in [0.1, 0.15) is 0 Å². The van der Waals surface area contributed by atoms with Crippen molar-refractivity contribution >= 4 is 11.8 Å². The molecule has 0 saturated heterocycles. The second-order valence-corrected chi connectivity index (χ2v) is 3.47. The van der Waals surface area contributed by atoms with Crippen molar-refractivity contribution in [2.45, 2.75) is 26.7 Å². The lowest BCUT2D eigenvalue weighted by atomic mass is 9.93. The molecule has 2 amide bonds. The average Bonchev–Trinajstić information content (AvgIpc) is 2.00. The van der Waals surface area contributed by atoms with Gasteiger partial charge < -0.3 is 5.73 Å². The third kappa shape index (κ3) is 5.19. The molecule has 0 aliphatic rings. The van der Waals surface area contributed by atoms with Crippen molar-refractivity contribution in [3.63, 3.8) is 0 Å². The molecule has 0 aliphatic carbocycles. The van der Waals surface area contributed by atoms with E-state index in [0.717, 1.165) is 0 Å². The highest BCUT2D eigenvalue weighted by atomic mass is 16.5. The highest BCUT2D eigenvalue weighted by Crippen LogP contribution is 2.14. The predicted octanol–water partition coefficient (Wildman–Crippen LogP) is 0.0295. The first-order chi connectivity index (χ1) is 5.97. The van der Waals surface area contributed by atoms with E-state index in [2.05, 4.69) is 0 Å². The van der Waals surface area contributed by atoms with Gasteiger partial charge in [-0.1, -0.05) is 13.8 Å². The number of carbonyl (C=O) groups is 2. The molecule has 0 aromatic heterocycles. The molecule has 0 rings (SSSR count). The molecule has 0 heterocycles. The molecule has 0 aliphatic heterocycles. The van der Waals surface area contributed by atoms with Crippen LogP contribution >= 0.6 is 0 Å². The highest BCUT2D eigenvalue weighted by molar-refractivity contribution is 5.84. The van der Waals surface area contributed by atoms with Crippen LogP contribution in [0.2, 0.25) is 0 Å². The minimum atomic E-state index is -0.549. The molecule has 5 heteroatoms. The zero-order valence-electron chi connectivity index (χ0n) is 7.91. The van der Waals surface area contributed by atoms with Crippen LogP contribution < -0.4 is 11.2 Å². The largest absolute Gasteiger partial charge is 0.370 e. The number of amides is 2. The van der Waals surface area contributed by atoms with Crippen LogP contribution in [0.15, 0.2) is 0 Å². The predicted molar refractivity (Wildman–Crippen MR) is 46.7 cm³/mol. The van der Waals surface area contributed by atoms with Crippen molar-refractivity contribution in [1.82, 2.24) is 5.48 Å². The van der Waals surface area contributed by atoms with Gasteiger partial charge in [0, 0.05) is 12.3 Å². The number of hydrogen-bond donors (Lipinski definition) is 3. The Kier molecular flexibility index (Phi) is 5.06. The van der Waals surface area contributed by atoms with Crippen molar-refractivity contribution in [3.05, 3.63) is 0 Å². The Morgan fingerprint density at radius 1 is 1.46 bits per heavy atom. The van der Waals surface area contributed by atoms with Crippen LogP contribution in [-0.2, 0) is 9.59 Å². The Bertz CT molecular complexity index is 192. The van der Waals surface area contributed by atoms with Gasteiger partial charge in [-0.05, 0) is 12.3 Å². The molecule has 0 bridgehead atoms. The molecule has 1 atom stereocenters. The summed E-state index contributed by atoms with van der Waals surface area (Å²) in [6, 6.07) is 0. The molecule has 76 valence electrons. The van der Waals surface area contributed by atoms with Crippen LogP contribution in [0.3, 0.4) is 0 Å². The lowest BCUT2D eigenvalue weighted by Crippen LogP contribution is -2.32. The second-order valence-electron chi connectivity index (χ2n) is 3.47. The summed E-state index contributed by atoms with van der Waals surface area (Å²) in [4.78, 5) is 21.6. The number of hydrogen-bond acceptors (Lipinski definition) is 3. The monoisotopic (exact) mass is 188 g/mol. The molecule has 0 aromatic carbocycles. The summed E-state index contributed by atoms with van der Waals surface area (Å²) in [7, 11) is 0. The Morgan fingerprint density at radius 2 is 2.00 bits per heavy atom. The number of carbonyl (C=O) groups excluding carboxylic acids is 2. The van der Waals surface area contributed by atoms with Gasteiger partial charge >= 0.3 is 0 Å². The normalized spacial score (nSPS) is 12.6. The second kappa shape index (κ2) is 5.53. The van der Waals surface area contributed by atoms with E-state index in [1.165, 1.54) is 5.48 Å². The van der Waals surface area contributed by atoms with Gasteiger partial charge in [0.2, 0.25) is 11.8 Å². The Hall–Kier alpha value is -1.10. The first kappa shape index (κ1) is 11.9. The quantitative estimate of drug-likeness (QED) is 0.419. The minimum absolute atomic E-state index is 0.0232. The molecule has 0 spiro atoms. The summed E-state index contributed by atoms with van der Waals surface area (Å²) in [6.07, 6.45) is 0.514. The maximum Gasteiger partial charge on any atom is 0.246 e. The van der Waals surface area contributed by atoms with E-state index in [1.54, 1.807) is 0 Å². The van der Waals surface area contributed by atoms with Crippen LogP contribution in [-0.4, -0.2) is 17.0 Å². The fraction of sp³-hybridized carbons (Fsp3) is 0.750. The summed E-state index contributed by atoms with van der Waals surface area (Å²) in [5.41, 5.74) is 6.49. The van der Waals surface area contributed by atoms with E-state index >= 15 is 0 Å². The van der Waals surface area contributed by atoms with Gasteiger partial charge in [0.15, 0.2) is 0 Å². The van der Waals surface area contributed by atoms with Crippen molar-refractivity contribution < 1.29 is 14.8 Å². The Balaban J connectivity index is 4.18. The zero-order chi connectivity index (χ0) is 10.4. The van der Waals surface area contributed by atoms with Crippen molar-refractivity contribution in [2.75, 3.05) is 0 Å². The lowest BCUT2D eigenvalue weighted by Gasteiger charge is -2.14. The van der Waals surface area contributed by atoms with E-state index in [0.29, 0.717) is 6.42 Å². The molecule has 0 aromatic rings. The summed E-state index contributed by atoms with van der Waals surface area (Å²) < 4.78 is 0. The maximum atomic E-state index is 11.0. The van der Waals surface area contributed by atoms with Crippen LogP contribution in [0.25, 0.3) is 0 Å². The van der Waals surface area contributed by atoms with Crippen LogP contribution in [0.5, 0.6) is 0 Å². The van der Waals surface area contributed by atoms with E-state index in [9.17, 15) is 9.59 Å². The Labute approximate surface area is 77.3 Å². The summed E-state index contributed by atoms with van der Waals surface area (Å²) in [5, 5.41) is 8.38. The molecule has 0 saturated carbocycles. The number of nitrogens with one attached hydrogen (secondary N) is 1. The van der Waals surface area contributed by atoms with Gasteiger partial charge in [0.05, 0.1) is 0 Å². The topological polar surface area (TPSA) is 92.4 Å². The third-order valence-electron chi connectivity index (χ3n) is 1.68. The zero-order valence-corrected chi connectivity index (χ0v) is 7.91. The summed E-state index contributed by atoms with van der Waals surface area (Å²) >= 11 is 0. The Morgan fingerprint density at radius 3 is 2.31 bits per heavy atom. The minimum Gasteiger partial charge on any atom is -0.370 e. The first-order valence-corrected chi connectivity index (χ1v) is 4.19. The number of nitrogens with two attached hydrogens (primary N) is 1. The summed E-state index contributed by atoms with van der Waals surface area (Å²) in [5.74, 6) is -1.33. The molecule has 1 unspecified atom stereocenters. The molecular weight excluding hydrogens is 172 g/mol. The molecule has 5 nitrogen and oxygen atoms in total. The van der Waals surface area contributed by atoms with Crippen LogP contribution in [0.4, 0.5) is 0 Å². The van der Waals surface area contributed by atoms with Gasteiger partial charge in [-0.2, -0.15) is 0 Å². The number of rotatable bonds is 5. The van der Waals surface area contributed by atoms with Crippen molar-refractivity contribution in [1.29, 1.82) is 0 Å². The number of hydroxylamine groups is 1. The van der Waals surface area contributed by atoms with Gasteiger partial charge in [-0.3, -0.25) is 14.8 Å². The third-order valence-corrected chi connectivity index (χ3v) is 1.68. The fourth-order valence-electron chi connectivity index (χ4n) is 1.19.